The van der Waals surface area contributed by atoms with Gasteiger partial charge >= 0.3 is 6.18 Å². The number of amides is 1. The highest BCUT2D eigenvalue weighted by Gasteiger charge is 2.30. The summed E-state index contributed by atoms with van der Waals surface area (Å²) in [6, 6.07) is 10.9. The molecule has 2 aromatic carbocycles. The van der Waals surface area contributed by atoms with Crippen molar-refractivity contribution in [3.05, 3.63) is 64.7 Å². The van der Waals surface area contributed by atoms with Crippen LogP contribution in [0.2, 0.25) is 0 Å². The maximum absolute atomic E-state index is 12.8. The van der Waals surface area contributed by atoms with Gasteiger partial charge in [-0.3, -0.25) is 9.69 Å². The minimum absolute atomic E-state index is 0.0123. The SMILES string of the molecule is CN1CCN(C(CNC(=O)c2ccc(C(F)(F)F)cc2)c2ccc3c(c2)CCN3C)CC1. The van der Waals surface area contributed by atoms with Crippen LogP contribution in [0.5, 0.6) is 0 Å². The molecule has 2 aliphatic rings. The van der Waals surface area contributed by atoms with Gasteiger partial charge in [-0.1, -0.05) is 12.1 Å². The molecule has 5 nitrogen and oxygen atoms in total. The van der Waals surface area contributed by atoms with Crippen molar-refractivity contribution in [2.75, 3.05) is 58.3 Å². The zero-order valence-electron chi connectivity index (χ0n) is 18.5. The van der Waals surface area contributed by atoms with Gasteiger partial charge in [0.15, 0.2) is 0 Å². The van der Waals surface area contributed by atoms with Crippen LogP contribution in [0.4, 0.5) is 18.9 Å². The Morgan fingerprint density at radius 3 is 2.34 bits per heavy atom. The minimum Gasteiger partial charge on any atom is -0.374 e. The van der Waals surface area contributed by atoms with E-state index in [4.69, 9.17) is 0 Å². The number of carbonyl (C=O) groups excluding carboxylic acids is 1. The fourth-order valence-corrected chi connectivity index (χ4v) is 4.49. The number of nitrogens with one attached hydrogen (secondary N) is 1. The number of fused-ring (bicyclic) bond motifs is 1. The van der Waals surface area contributed by atoms with E-state index in [0.29, 0.717) is 6.54 Å². The van der Waals surface area contributed by atoms with Crippen molar-refractivity contribution in [3.63, 3.8) is 0 Å². The highest BCUT2D eigenvalue weighted by Crippen LogP contribution is 2.32. The monoisotopic (exact) mass is 446 g/mol. The number of nitrogens with zero attached hydrogens (tertiary/aromatic N) is 3. The molecule has 2 aromatic rings. The number of halogens is 3. The van der Waals surface area contributed by atoms with Gasteiger partial charge in [-0.25, -0.2) is 0 Å². The summed E-state index contributed by atoms with van der Waals surface area (Å²) in [5, 5.41) is 2.95. The molecule has 2 heterocycles. The molecule has 0 saturated carbocycles. The molecule has 4 rings (SSSR count). The average molecular weight is 447 g/mol. The van der Waals surface area contributed by atoms with Crippen molar-refractivity contribution in [2.24, 2.45) is 0 Å². The maximum atomic E-state index is 12.8. The van der Waals surface area contributed by atoms with Gasteiger partial charge in [0.1, 0.15) is 0 Å². The first kappa shape index (κ1) is 22.6. The molecule has 1 atom stereocenters. The van der Waals surface area contributed by atoms with Crippen LogP contribution >= 0.6 is 0 Å². The van der Waals surface area contributed by atoms with E-state index in [9.17, 15) is 18.0 Å². The molecular weight excluding hydrogens is 417 g/mol. The largest absolute Gasteiger partial charge is 0.416 e. The average Bonchev–Trinajstić information content (AvgIpc) is 3.14. The predicted octanol–water partition coefficient (Wildman–Crippen LogP) is 3.42. The van der Waals surface area contributed by atoms with Crippen LogP contribution < -0.4 is 10.2 Å². The lowest BCUT2D eigenvalue weighted by molar-refractivity contribution is -0.137. The van der Waals surface area contributed by atoms with Gasteiger partial charge in [-0.05, 0) is 54.9 Å². The fraction of sp³-hybridized carbons (Fsp3) is 0.458. The number of likely N-dealkylation sites (N-methyl/N-ethyl adjacent to an activating group) is 2. The van der Waals surface area contributed by atoms with E-state index < -0.39 is 11.7 Å². The summed E-state index contributed by atoms with van der Waals surface area (Å²) >= 11 is 0. The highest BCUT2D eigenvalue weighted by atomic mass is 19.4. The quantitative estimate of drug-likeness (QED) is 0.764. The van der Waals surface area contributed by atoms with Gasteiger partial charge < -0.3 is 15.1 Å². The lowest BCUT2D eigenvalue weighted by Crippen LogP contribution is -2.48. The van der Waals surface area contributed by atoms with Gasteiger partial charge in [-0.2, -0.15) is 13.2 Å². The molecule has 0 bridgehead atoms. The lowest BCUT2D eigenvalue weighted by atomic mass is 10.00. The number of alkyl halides is 3. The summed E-state index contributed by atoms with van der Waals surface area (Å²) < 4.78 is 38.4. The summed E-state index contributed by atoms with van der Waals surface area (Å²) in [6.07, 6.45) is -3.41. The Labute approximate surface area is 186 Å². The molecule has 0 radical (unpaired) electrons. The normalized spacial score (nSPS) is 18.5. The van der Waals surface area contributed by atoms with Crippen LogP contribution in [0.1, 0.15) is 33.1 Å². The summed E-state index contributed by atoms with van der Waals surface area (Å²) in [6.45, 7) is 5.11. The van der Waals surface area contributed by atoms with E-state index in [-0.39, 0.29) is 17.5 Å². The van der Waals surface area contributed by atoms with E-state index in [1.54, 1.807) is 0 Å². The maximum Gasteiger partial charge on any atom is 0.416 e. The number of carbonyl (C=O) groups is 1. The summed E-state index contributed by atoms with van der Waals surface area (Å²) in [5.74, 6) is -0.362. The van der Waals surface area contributed by atoms with Crippen molar-refractivity contribution >= 4 is 11.6 Å². The van der Waals surface area contributed by atoms with E-state index in [2.05, 4.69) is 52.3 Å². The van der Waals surface area contributed by atoms with Crippen LogP contribution in [0.25, 0.3) is 0 Å². The van der Waals surface area contributed by atoms with Gasteiger partial charge in [-0.15, -0.1) is 0 Å². The molecule has 1 saturated heterocycles. The summed E-state index contributed by atoms with van der Waals surface area (Å²) in [4.78, 5) is 19.6. The second-order valence-electron chi connectivity index (χ2n) is 8.70. The van der Waals surface area contributed by atoms with Crippen LogP contribution in [0.3, 0.4) is 0 Å². The van der Waals surface area contributed by atoms with Crippen molar-refractivity contribution in [2.45, 2.75) is 18.6 Å². The summed E-state index contributed by atoms with van der Waals surface area (Å²) in [7, 11) is 4.19. The Hall–Kier alpha value is -2.58. The molecule has 1 N–H and O–H groups in total. The Morgan fingerprint density at radius 1 is 1.00 bits per heavy atom. The molecule has 2 aliphatic heterocycles. The third-order valence-corrected chi connectivity index (χ3v) is 6.53. The van der Waals surface area contributed by atoms with E-state index in [1.165, 1.54) is 23.4 Å². The first-order valence-corrected chi connectivity index (χ1v) is 10.9. The van der Waals surface area contributed by atoms with Crippen molar-refractivity contribution in [3.8, 4) is 0 Å². The van der Waals surface area contributed by atoms with Crippen molar-refractivity contribution < 1.29 is 18.0 Å². The van der Waals surface area contributed by atoms with Crippen LogP contribution in [0.15, 0.2) is 42.5 Å². The zero-order chi connectivity index (χ0) is 22.9. The van der Waals surface area contributed by atoms with Gasteiger partial charge in [0.05, 0.1) is 11.6 Å². The number of piperazine rings is 1. The van der Waals surface area contributed by atoms with Crippen LogP contribution in [-0.4, -0.2) is 69.1 Å². The highest BCUT2D eigenvalue weighted by molar-refractivity contribution is 5.94. The fourth-order valence-electron chi connectivity index (χ4n) is 4.49. The number of hydrogen-bond donors (Lipinski definition) is 1. The molecule has 0 spiro atoms. The lowest BCUT2D eigenvalue weighted by Gasteiger charge is -2.38. The van der Waals surface area contributed by atoms with Gasteiger partial charge in [0.2, 0.25) is 0 Å². The first-order chi connectivity index (χ1) is 15.2. The van der Waals surface area contributed by atoms with Gasteiger partial charge in [0.25, 0.3) is 5.91 Å². The molecule has 0 aliphatic carbocycles. The number of hydrogen-bond acceptors (Lipinski definition) is 4. The van der Waals surface area contributed by atoms with E-state index in [1.807, 2.05) is 0 Å². The number of rotatable bonds is 5. The zero-order valence-corrected chi connectivity index (χ0v) is 18.5. The Kier molecular flexibility index (Phi) is 6.44. The third kappa shape index (κ3) is 4.91. The molecule has 1 unspecified atom stereocenters. The van der Waals surface area contributed by atoms with E-state index >= 15 is 0 Å². The molecule has 172 valence electrons. The third-order valence-electron chi connectivity index (χ3n) is 6.53. The standard InChI is InChI=1S/C24H29F3N4O/c1-29-11-13-31(14-12-29)22(18-5-8-21-19(15-18)9-10-30(21)2)16-28-23(32)17-3-6-20(7-4-17)24(25,26)27/h3-8,15,22H,9-14,16H2,1-2H3,(H,28,32). The second kappa shape index (κ2) is 9.11. The molecule has 1 fully saturated rings. The van der Waals surface area contributed by atoms with Gasteiger partial charge in [0, 0.05) is 57.6 Å². The Bertz CT molecular complexity index is 953. The topological polar surface area (TPSA) is 38.8 Å². The first-order valence-electron chi connectivity index (χ1n) is 10.9. The molecule has 1 amide bonds. The van der Waals surface area contributed by atoms with E-state index in [0.717, 1.165) is 56.8 Å². The smallest absolute Gasteiger partial charge is 0.374 e. The number of anilines is 1. The Morgan fingerprint density at radius 2 is 1.69 bits per heavy atom. The predicted molar refractivity (Wildman–Crippen MR) is 119 cm³/mol. The van der Waals surface area contributed by atoms with Crippen LogP contribution in [0, 0.1) is 0 Å². The molecular formula is C24H29F3N4O. The molecule has 0 aromatic heterocycles. The van der Waals surface area contributed by atoms with Crippen molar-refractivity contribution in [1.29, 1.82) is 0 Å². The second-order valence-corrected chi connectivity index (χ2v) is 8.70. The molecule has 32 heavy (non-hydrogen) atoms. The molecule has 8 heteroatoms. The minimum atomic E-state index is -4.41. The van der Waals surface area contributed by atoms with Crippen molar-refractivity contribution in [1.82, 2.24) is 15.1 Å². The van der Waals surface area contributed by atoms with Crippen LogP contribution in [-0.2, 0) is 12.6 Å². The summed E-state index contributed by atoms with van der Waals surface area (Å²) in [5.41, 5.74) is 3.20. The number of benzene rings is 2. The Balaban J connectivity index is 1.50.